The number of quaternary nitrogens is 1. The summed E-state index contributed by atoms with van der Waals surface area (Å²) in [5.41, 5.74) is 9.16. The maximum absolute atomic E-state index is 11.0. The zero-order valence-electron chi connectivity index (χ0n) is 35.1. The van der Waals surface area contributed by atoms with E-state index in [1.807, 2.05) is 91.1 Å². The molecule has 3 aliphatic rings. The zero-order valence-corrected chi connectivity index (χ0v) is 36.7. The van der Waals surface area contributed by atoms with Crippen molar-refractivity contribution >= 4 is 40.9 Å². The van der Waals surface area contributed by atoms with Crippen molar-refractivity contribution in [2.45, 2.75) is 31.5 Å². The van der Waals surface area contributed by atoms with Gasteiger partial charge in [-0.05, 0) is 17.7 Å². The standard InChI is InChI=1S/C54H44BClN4O3S/c1-2-36-34-60(33-35-29-44(37-15-7-3-8-16-37)50(63-55-64)45(30-35)38-17-9-4-10-18-38)28-26-41(36)31-48(60)51(43-25-27-57-47-24-23-42(61)32-46(43)47)62-54-49(39-19-11-5-12-20-39)52(56)58-53(59-54)40-21-13-6-14-22-40/h2-25,27,29-30,32,36,41,48,51H,1,26,28,31,33-34H2/p+1/t36?,41?,48?,51-,60?/m0/s1. The first-order chi connectivity index (χ1) is 31.4. The summed E-state index contributed by atoms with van der Waals surface area (Å²) in [5, 5.41) is 12.1. The number of phenolic OH excluding ortho intramolecular Hbond substituents is 1. The van der Waals surface area contributed by atoms with Crippen molar-refractivity contribution in [1.82, 2.24) is 15.0 Å². The number of fused-ring (bicyclic) bond motifs is 4. The van der Waals surface area contributed by atoms with Gasteiger partial charge < -0.3 is 5.11 Å². The Balaban J connectivity index is 1.19. The van der Waals surface area contributed by atoms with Crippen LogP contribution in [0.25, 0.3) is 55.7 Å². The van der Waals surface area contributed by atoms with Crippen LogP contribution in [-0.2, 0) is 6.54 Å². The van der Waals surface area contributed by atoms with Gasteiger partial charge in [-0.1, -0.05) is 72.3 Å². The Kier molecular flexibility index (Phi) is 11.6. The molecule has 2 bridgehead atoms. The van der Waals surface area contributed by atoms with E-state index in [0.717, 1.165) is 86.0 Å². The van der Waals surface area contributed by atoms with E-state index < -0.39 is 6.10 Å². The van der Waals surface area contributed by atoms with Crippen molar-refractivity contribution in [3.05, 3.63) is 193 Å². The third kappa shape index (κ3) is 8.00. The van der Waals surface area contributed by atoms with Gasteiger partial charge in [0.05, 0.1) is 0 Å². The molecule has 6 aromatic carbocycles. The van der Waals surface area contributed by atoms with Crippen LogP contribution in [0, 0.1) is 11.8 Å². The topological polar surface area (TPSA) is 77.4 Å². The van der Waals surface area contributed by atoms with Crippen molar-refractivity contribution in [1.29, 1.82) is 0 Å². The van der Waals surface area contributed by atoms with Gasteiger partial charge in [-0.2, -0.15) is 0 Å². The summed E-state index contributed by atoms with van der Waals surface area (Å²) in [5.74, 6) is 2.45. The van der Waals surface area contributed by atoms with E-state index in [1.54, 1.807) is 12.1 Å². The van der Waals surface area contributed by atoms with E-state index in [0.29, 0.717) is 40.8 Å². The van der Waals surface area contributed by atoms with E-state index in [9.17, 15) is 5.11 Å². The molecule has 314 valence electrons. The second-order valence-electron chi connectivity index (χ2n) is 16.9. The van der Waals surface area contributed by atoms with Crippen molar-refractivity contribution in [3.8, 4) is 62.1 Å². The number of halogens is 1. The first-order valence-electron chi connectivity index (χ1n) is 21.7. The van der Waals surface area contributed by atoms with E-state index in [4.69, 9.17) is 48.0 Å². The summed E-state index contributed by atoms with van der Waals surface area (Å²) in [6.45, 7) is 6.89. The Hall–Kier alpha value is -6.52. The van der Waals surface area contributed by atoms with Crippen LogP contribution in [0.5, 0.6) is 17.4 Å². The third-order valence-corrected chi connectivity index (χ3v) is 13.6. The van der Waals surface area contributed by atoms with E-state index in [-0.39, 0.29) is 11.8 Å². The molecule has 1 N–H and O–H groups in total. The molecule has 0 radical (unpaired) electrons. The Bertz CT molecular complexity index is 2920. The Morgan fingerprint density at radius 2 is 1.42 bits per heavy atom. The van der Waals surface area contributed by atoms with Crippen LogP contribution in [0.1, 0.15) is 30.1 Å². The quantitative estimate of drug-likeness (QED) is 0.0535. The van der Waals surface area contributed by atoms with E-state index >= 15 is 0 Å². The molecule has 64 heavy (non-hydrogen) atoms. The average molecular weight is 876 g/mol. The molecular weight excluding hydrogens is 831 g/mol. The van der Waals surface area contributed by atoms with Gasteiger partial charge in [-0.25, -0.2) is 4.98 Å². The van der Waals surface area contributed by atoms with Gasteiger partial charge in [-0.3, -0.25) is 4.98 Å². The zero-order chi connectivity index (χ0) is 43.6. The van der Waals surface area contributed by atoms with Crippen molar-refractivity contribution < 1.29 is 19.0 Å². The van der Waals surface area contributed by atoms with Crippen LogP contribution >= 0.6 is 23.7 Å². The molecule has 0 spiro atoms. The molecule has 0 amide bonds. The van der Waals surface area contributed by atoms with Crippen LogP contribution in [0.2, 0.25) is 5.15 Å². The molecule has 3 fully saturated rings. The summed E-state index contributed by atoms with van der Waals surface area (Å²) < 4.78 is 14.6. The number of ether oxygens (including phenoxy) is 1. The van der Waals surface area contributed by atoms with Crippen molar-refractivity contribution in [2.24, 2.45) is 11.8 Å². The van der Waals surface area contributed by atoms with Gasteiger partial charge in [-0.15, -0.1) is 0 Å². The number of piperidine rings is 3. The summed E-state index contributed by atoms with van der Waals surface area (Å²) in [4.78, 5) is 14.8. The second kappa shape index (κ2) is 17.9. The number of hydrogen-bond acceptors (Lipinski definition) is 7. The normalized spacial score (nSPS) is 19.4. The van der Waals surface area contributed by atoms with Crippen LogP contribution in [0.15, 0.2) is 177 Å². The number of aromatic nitrogens is 3. The fourth-order valence-corrected chi connectivity index (χ4v) is 10.6. The summed E-state index contributed by atoms with van der Waals surface area (Å²) >= 11 is 12.6. The fraction of sp³-hybridized carbons (Fsp3) is 0.167. The number of nitrogens with zero attached hydrogens (tertiary/aromatic N) is 4. The molecule has 3 saturated heterocycles. The van der Waals surface area contributed by atoms with E-state index in [1.165, 1.54) is 11.9 Å². The van der Waals surface area contributed by atoms with Gasteiger partial charge in [0.25, 0.3) is 0 Å². The number of rotatable bonds is 13. The Labute approximate surface area is 384 Å². The number of pyridine rings is 1. The monoisotopic (exact) mass is 875 g/mol. The number of hydrogen-bond donors (Lipinski definition) is 1. The van der Waals surface area contributed by atoms with Gasteiger partial charge in [0.2, 0.25) is 0 Å². The minimum absolute atomic E-state index is 0.0716. The SMILES string of the molecule is C=CC1C[N+]2(Cc3cc(-c4ccccc4)c(OB=S)c(-c4ccccc4)c3)CCC1CC2[C@@H](Oc1nc(-c2ccccc2)nc(Cl)c1-c1ccccc1)c1ccnc2ccc(O)cc12. The summed E-state index contributed by atoms with van der Waals surface area (Å²) in [6.07, 6.45) is 6.71. The first-order valence-corrected chi connectivity index (χ1v) is 22.6. The van der Waals surface area contributed by atoms with Gasteiger partial charge in [0, 0.05) is 5.56 Å². The number of benzene rings is 6. The molecule has 3 aliphatic heterocycles. The Morgan fingerprint density at radius 1 is 0.797 bits per heavy atom. The van der Waals surface area contributed by atoms with Crippen LogP contribution in [0.3, 0.4) is 0 Å². The second-order valence-corrected chi connectivity index (χ2v) is 17.4. The molecule has 8 aromatic rings. The number of aromatic hydroxyl groups is 1. The van der Waals surface area contributed by atoms with Gasteiger partial charge in [0.1, 0.15) is 10.9 Å². The number of phenols is 1. The van der Waals surface area contributed by atoms with Crippen LogP contribution in [-0.4, -0.2) is 50.0 Å². The predicted octanol–water partition coefficient (Wildman–Crippen LogP) is 12.9. The molecule has 0 saturated carbocycles. The molecule has 4 unspecified atom stereocenters. The molecule has 7 nitrogen and oxygen atoms in total. The molecule has 5 heterocycles. The third-order valence-electron chi connectivity index (χ3n) is 13.2. The molecule has 5 atom stereocenters. The minimum atomic E-state index is -0.558. The summed E-state index contributed by atoms with van der Waals surface area (Å²) in [6, 6.07) is 52.4. The predicted molar refractivity (Wildman–Crippen MR) is 260 cm³/mol. The van der Waals surface area contributed by atoms with Gasteiger partial charge >= 0.3 is 259 Å². The molecule has 0 aliphatic carbocycles. The summed E-state index contributed by atoms with van der Waals surface area (Å²) in [7, 11) is 0. The molecule has 10 heteroatoms. The Morgan fingerprint density at radius 3 is 2.05 bits per heavy atom. The van der Waals surface area contributed by atoms with Gasteiger partial charge in [0.15, 0.2) is 5.82 Å². The van der Waals surface area contributed by atoms with E-state index in [2.05, 4.69) is 73.3 Å². The molecular formula is C54H45BClN4O3S+. The fourth-order valence-electron chi connectivity index (χ4n) is 10.3. The average Bonchev–Trinajstić information content (AvgIpc) is 3.34. The maximum atomic E-state index is 11.0. The molecule has 11 rings (SSSR count). The molecule has 2 aromatic heterocycles. The van der Waals surface area contributed by atoms with Crippen molar-refractivity contribution in [2.75, 3.05) is 13.1 Å². The van der Waals surface area contributed by atoms with Crippen LogP contribution in [0.4, 0.5) is 0 Å². The van der Waals surface area contributed by atoms with Crippen LogP contribution < -0.4 is 9.39 Å². The van der Waals surface area contributed by atoms with Crippen molar-refractivity contribution in [3.63, 3.8) is 0 Å². The first kappa shape index (κ1) is 41.5.